The van der Waals surface area contributed by atoms with Crippen LogP contribution in [0.1, 0.15) is 22.8 Å². The second-order valence-electron chi connectivity index (χ2n) is 3.23. The molecule has 3 heteroatoms. The molecule has 14 heavy (non-hydrogen) atoms. The minimum atomic E-state index is -1.18. The van der Waals surface area contributed by atoms with E-state index in [1.165, 1.54) is 6.07 Å². The Bertz CT molecular complexity index is 380. The van der Waals surface area contributed by atoms with Crippen molar-refractivity contribution in [3.63, 3.8) is 0 Å². The Labute approximate surface area is 82.3 Å². The molecule has 0 aliphatic heterocycles. The monoisotopic (exact) mass is 191 g/mol. The SMILES string of the molecule is C=C(C)Cc1cccc(C(=O)O)c1[O-]. The molecule has 0 spiro atoms. The second-order valence-corrected chi connectivity index (χ2v) is 3.23. The fourth-order valence-electron chi connectivity index (χ4n) is 1.22. The van der Waals surface area contributed by atoms with Crippen molar-refractivity contribution in [3.05, 3.63) is 41.5 Å². The molecule has 0 amide bonds. The standard InChI is InChI=1S/C11H12O3/c1-7(2)6-8-4-3-5-9(10(8)12)11(13)14/h3-5,12H,1,6H2,2H3,(H,13,14)/p-1. The third-order valence-electron chi connectivity index (χ3n) is 1.82. The van der Waals surface area contributed by atoms with E-state index in [0.717, 1.165) is 5.57 Å². The lowest BCUT2D eigenvalue weighted by Gasteiger charge is -2.16. The summed E-state index contributed by atoms with van der Waals surface area (Å²) in [6.07, 6.45) is 0.431. The summed E-state index contributed by atoms with van der Waals surface area (Å²) in [5, 5.41) is 20.2. The van der Waals surface area contributed by atoms with E-state index in [1.807, 2.05) is 0 Å². The first-order valence-electron chi connectivity index (χ1n) is 4.19. The van der Waals surface area contributed by atoms with Crippen LogP contribution in [0.2, 0.25) is 0 Å². The van der Waals surface area contributed by atoms with Gasteiger partial charge in [0.05, 0.1) is 5.56 Å². The molecule has 0 saturated heterocycles. The third kappa shape index (κ3) is 2.13. The van der Waals surface area contributed by atoms with Crippen LogP contribution in [0.15, 0.2) is 30.4 Å². The van der Waals surface area contributed by atoms with Crippen LogP contribution in [0.3, 0.4) is 0 Å². The summed E-state index contributed by atoms with van der Waals surface area (Å²) < 4.78 is 0. The third-order valence-corrected chi connectivity index (χ3v) is 1.82. The largest absolute Gasteiger partial charge is 0.872 e. The Morgan fingerprint density at radius 3 is 2.71 bits per heavy atom. The molecule has 0 aromatic heterocycles. The number of hydrogen-bond acceptors (Lipinski definition) is 2. The van der Waals surface area contributed by atoms with Crippen molar-refractivity contribution in [1.82, 2.24) is 0 Å². The number of carboxylic acid groups (broad SMARTS) is 1. The van der Waals surface area contributed by atoms with Crippen LogP contribution in [-0.2, 0) is 6.42 Å². The predicted octanol–water partition coefficient (Wildman–Crippen LogP) is 1.58. The lowest BCUT2D eigenvalue weighted by atomic mass is 10.0. The number of para-hydroxylation sites is 1. The highest BCUT2D eigenvalue weighted by Crippen LogP contribution is 2.21. The van der Waals surface area contributed by atoms with E-state index < -0.39 is 11.7 Å². The maximum absolute atomic E-state index is 11.5. The van der Waals surface area contributed by atoms with Gasteiger partial charge in [0.15, 0.2) is 0 Å². The van der Waals surface area contributed by atoms with Crippen LogP contribution in [0.4, 0.5) is 0 Å². The first kappa shape index (κ1) is 10.3. The number of aromatic carboxylic acids is 1. The average Bonchev–Trinajstić information content (AvgIpc) is 2.07. The molecule has 1 N–H and O–H groups in total. The van der Waals surface area contributed by atoms with Gasteiger partial charge in [0, 0.05) is 0 Å². The molecule has 74 valence electrons. The average molecular weight is 191 g/mol. The van der Waals surface area contributed by atoms with Gasteiger partial charge in [0.25, 0.3) is 0 Å². The summed E-state index contributed by atoms with van der Waals surface area (Å²) in [7, 11) is 0. The Hall–Kier alpha value is -1.77. The van der Waals surface area contributed by atoms with Crippen LogP contribution in [0, 0.1) is 0 Å². The van der Waals surface area contributed by atoms with E-state index >= 15 is 0 Å². The Kier molecular flexibility index (Phi) is 2.92. The van der Waals surface area contributed by atoms with Crippen LogP contribution >= 0.6 is 0 Å². The van der Waals surface area contributed by atoms with E-state index in [9.17, 15) is 9.90 Å². The maximum atomic E-state index is 11.5. The topological polar surface area (TPSA) is 60.4 Å². The zero-order valence-electron chi connectivity index (χ0n) is 7.91. The van der Waals surface area contributed by atoms with Crippen molar-refractivity contribution in [2.24, 2.45) is 0 Å². The smallest absolute Gasteiger partial charge is 0.335 e. The normalized spacial score (nSPS) is 9.79. The molecule has 0 saturated carbocycles. The molecule has 3 nitrogen and oxygen atoms in total. The molecular formula is C11H11O3-. The van der Waals surface area contributed by atoms with Crippen molar-refractivity contribution in [3.8, 4) is 5.75 Å². The van der Waals surface area contributed by atoms with Gasteiger partial charge >= 0.3 is 5.97 Å². The van der Waals surface area contributed by atoms with Crippen molar-refractivity contribution in [2.45, 2.75) is 13.3 Å². The number of carboxylic acids is 1. The zero-order chi connectivity index (χ0) is 10.7. The quantitative estimate of drug-likeness (QED) is 0.738. The van der Waals surface area contributed by atoms with Crippen molar-refractivity contribution in [1.29, 1.82) is 0 Å². The van der Waals surface area contributed by atoms with E-state index in [2.05, 4.69) is 6.58 Å². The number of rotatable bonds is 3. The lowest BCUT2D eigenvalue weighted by Crippen LogP contribution is -2.07. The van der Waals surface area contributed by atoms with Gasteiger partial charge in [-0.2, -0.15) is 0 Å². The van der Waals surface area contributed by atoms with Gasteiger partial charge in [0.2, 0.25) is 0 Å². The number of benzene rings is 1. The van der Waals surface area contributed by atoms with Gasteiger partial charge in [-0.05, 0) is 19.4 Å². The van der Waals surface area contributed by atoms with Gasteiger partial charge in [-0.15, -0.1) is 0 Å². The van der Waals surface area contributed by atoms with Gasteiger partial charge in [-0.3, -0.25) is 0 Å². The summed E-state index contributed by atoms with van der Waals surface area (Å²) in [5.41, 5.74) is 1.14. The van der Waals surface area contributed by atoms with E-state index in [-0.39, 0.29) is 5.56 Å². The molecule has 0 fully saturated rings. The van der Waals surface area contributed by atoms with Crippen LogP contribution in [0.25, 0.3) is 0 Å². The highest BCUT2D eigenvalue weighted by Gasteiger charge is 2.05. The van der Waals surface area contributed by atoms with Crippen molar-refractivity contribution < 1.29 is 15.0 Å². The van der Waals surface area contributed by atoms with Gasteiger partial charge < -0.3 is 10.2 Å². The Morgan fingerprint density at radius 1 is 1.57 bits per heavy atom. The van der Waals surface area contributed by atoms with Crippen LogP contribution < -0.4 is 5.11 Å². The fourth-order valence-corrected chi connectivity index (χ4v) is 1.22. The first-order chi connectivity index (χ1) is 6.52. The van der Waals surface area contributed by atoms with E-state index in [0.29, 0.717) is 12.0 Å². The van der Waals surface area contributed by atoms with Crippen molar-refractivity contribution in [2.75, 3.05) is 0 Å². The van der Waals surface area contributed by atoms with Crippen LogP contribution in [0.5, 0.6) is 5.75 Å². The van der Waals surface area contributed by atoms with Crippen LogP contribution in [-0.4, -0.2) is 11.1 Å². The number of carbonyl (C=O) groups is 1. The van der Waals surface area contributed by atoms with E-state index in [1.54, 1.807) is 19.1 Å². The lowest BCUT2D eigenvalue weighted by molar-refractivity contribution is -0.269. The Balaban J connectivity index is 3.13. The van der Waals surface area contributed by atoms with Gasteiger partial charge in [0.1, 0.15) is 0 Å². The Morgan fingerprint density at radius 2 is 2.21 bits per heavy atom. The maximum Gasteiger partial charge on any atom is 0.335 e. The second kappa shape index (κ2) is 3.96. The molecule has 1 aromatic rings. The molecule has 0 heterocycles. The highest BCUT2D eigenvalue weighted by molar-refractivity contribution is 5.91. The molecule has 1 rings (SSSR count). The molecule has 0 aliphatic rings. The molecule has 0 bridgehead atoms. The van der Waals surface area contributed by atoms with Gasteiger partial charge in [-0.1, -0.05) is 35.6 Å². The zero-order valence-corrected chi connectivity index (χ0v) is 7.91. The number of allylic oxidation sites excluding steroid dienone is 1. The molecular weight excluding hydrogens is 180 g/mol. The summed E-state index contributed by atoms with van der Waals surface area (Å²) in [5.74, 6) is -1.60. The highest BCUT2D eigenvalue weighted by atomic mass is 16.4. The molecule has 0 unspecified atom stereocenters. The van der Waals surface area contributed by atoms with Crippen molar-refractivity contribution >= 4 is 5.97 Å². The minimum Gasteiger partial charge on any atom is -0.872 e. The predicted molar refractivity (Wildman–Crippen MR) is 51.4 cm³/mol. The summed E-state index contributed by atoms with van der Waals surface area (Å²) in [6, 6.07) is 4.51. The molecule has 0 aliphatic carbocycles. The van der Waals surface area contributed by atoms with Gasteiger partial charge in [-0.25, -0.2) is 4.79 Å². The summed E-state index contributed by atoms with van der Waals surface area (Å²) >= 11 is 0. The fraction of sp³-hybridized carbons (Fsp3) is 0.182. The molecule has 0 radical (unpaired) electrons. The summed E-state index contributed by atoms with van der Waals surface area (Å²) in [4.78, 5) is 10.6. The summed E-state index contributed by atoms with van der Waals surface area (Å²) in [6.45, 7) is 5.48. The minimum absolute atomic E-state index is 0.177. The van der Waals surface area contributed by atoms with E-state index in [4.69, 9.17) is 5.11 Å². The first-order valence-corrected chi connectivity index (χ1v) is 4.19. The number of hydrogen-bond donors (Lipinski definition) is 1. The molecule has 1 aromatic carbocycles. The molecule has 0 atom stereocenters.